The third-order valence-corrected chi connectivity index (χ3v) is 5.09. The fraction of sp³-hybridized carbons (Fsp3) is 0.714. The van der Waals surface area contributed by atoms with Crippen molar-refractivity contribution < 1.29 is 0 Å². The summed E-state index contributed by atoms with van der Waals surface area (Å²) in [5, 5.41) is 6.70. The van der Waals surface area contributed by atoms with Crippen LogP contribution in [0.5, 0.6) is 0 Å². The van der Waals surface area contributed by atoms with Crippen molar-refractivity contribution in [1.82, 2.24) is 5.32 Å². The van der Waals surface area contributed by atoms with Crippen LogP contribution >= 0.6 is 22.9 Å². The number of hydrogen-bond acceptors (Lipinski definition) is 2. The van der Waals surface area contributed by atoms with Crippen LogP contribution < -0.4 is 5.32 Å². The highest BCUT2D eigenvalue weighted by molar-refractivity contribution is 7.10. The van der Waals surface area contributed by atoms with E-state index >= 15 is 0 Å². The minimum Gasteiger partial charge on any atom is -0.316 e. The zero-order valence-electron chi connectivity index (χ0n) is 10.7. The van der Waals surface area contributed by atoms with Gasteiger partial charge < -0.3 is 5.32 Å². The van der Waals surface area contributed by atoms with Crippen LogP contribution in [0.3, 0.4) is 0 Å². The summed E-state index contributed by atoms with van der Waals surface area (Å²) in [7, 11) is 0. The first-order chi connectivity index (χ1) is 8.18. The maximum Gasteiger partial charge on any atom is 0.0547 e. The van der Waals surface area contributed by atoms with Crippen molar-refractivity contribution in [2.75, 3.05) is 13.1 Å². The number of hydrogen-bond donors (Lipinski definition) is 1. The van der Waals surface area contributed by atoms with Crippen LogP contribution in [0.25, 0.3) is 0 Å². The predicted molar refractivity (Wildman–Crippen MR) is 77.1 cm³/mol. The maximum atomic E-state index is 6.26. The van der Waals surface area contributed by atoms with Gasteiger partial charge in [0.15, 0.2) is 0 Å². The summed E-state index contributed by atoms with van der Waals surface area (Å²) in [6.45, 7) is 6.79. The molecule has 2 unspecified atom stereocenters. The van der Waals surface area contributed by atoms with Gasteiger partial charge in [-0.1, -0.05) is 31.9 Å². The van der Waals surface area contributed by atoms with E-state index in [4.69, 9.17) is 11.6 Å². The van der Waals surface area contributed by atoms with Crippen LogP contribution in [-0.2, 0) is 0 Å². The van der Waals surface area contributed by atoms with Gasteiger partial charge in [-0.05, 0) is 55.1 Å². The molecule has 0 bridgehead atoms. The van der Waals surface area contributed by atoms with Gasteiger partial charge in [0.2, 0.25) is 0 Å². The van der Waals surface area contributed by atoms with Crippen molar-refractivity contribution in [3.8, 4) is 0 Å². The largest absolute Gasteiger partial charge is 0.316 e. The second kappa shape index (κ2) is 6.21. The minimum atomic E-state index is 0.696. The molecule has 1 N–H and O–H groups in total. The molecule has 3 heteroatoms. The summed E-state index contributed by atoms with van der Waals surface area (Å²) < 4.78 is 0. The summed E-state index contributed by atoms with van der Waals surface area (Å²) >= 11 is 8.09. The van der Waals surface area contributed by atoms with Gasteiger partial charge in [0.25, 0.3) is 0 Å². The molecule has 1 aromatic rings. The Labute approximate surface area is 114 Å². The number of rotatable bonds is 5. The fourth-order valence-electron chi connectivity index (χ4n) is 2.75. The topological polar surface area (TPSA) is 12.0 Å². The molecule has 0 aromatic carbocycles. The van der Waals surface area contributed by atoms with Crippen LogP contribution in [0, 0.1) is 11.8 Å². The quantitative estimate of drug-likeness (QED) is 0.830. The van der Waals surface area contributed by atoms with Crippen LogP contribution in [0.15, 0.2) is 11.4 Å². The van der Waals surface area contributed by atoms with E-state index in [0.29, 0.717) is 5.92 Å². The van der Waals surface area contributed by atoms with Crippen molar-refractivity contribution in [2.24, 2.45) is 11.8 Å². The summed E-state index contributed by atoms with van der Waals surface area (Å²) in [5.74, 6) is 2.22. The second-order valence-electron chi connectivity index (χ2n) is 5.48. The SMILES string of the molecule is CC(C)CNCC1CCCC1c1sccc1Cl. The average Bonchev–Trinajstić information content (AvgIpc) is 2.86. The van der Waals surface area contributed by atoms with Gasteiger partial charge in [-0.25, -0.2) is 0 Å². The van der Waals surface area contributed by atoms with E-state index in [2.05, 4.69) is 24.5 Å². The second-order valence-corrected chi connectivity index (χ2v) is 6.84. The Morgan fingerprint density at radius 1 is 1.47 bits per heavy atom. The van der Waals surface area contributed by atoms with Gasteiger partial charge in [-0.3, -0.25) is 0 Å². The first-order valence-electron chi connectivity index (χ1n) is 6.62. The molecule has 96 valence electrons. The molecule has 0 aliphatic heterocycles. The van der Waals surface area contributed by atoms with Gasteiger partial charge in [0, 0.05) is 4.88 Å². The molecule has 1 nitrogen and oxygen atoms in total. The zero-order chi connectivity index (χ0) is 12.3. The zero-order valence-corrected chi connectivity index (χ0v) is 12.3. The van der Waals surface area contributed by atoms with Crippen LogP contribution in [-0.4, -0.2) is 13.1 Å². The fourth-order valence-corrected chi connectivity index (χ4v) is 4.18. The highest BCUT2D eigenvalue weighted by Crippen LogP contribution is 2.44. The standard InChI is InChI=1S/C14H22ClNS/c1-10(2)8-16-9-11-4-3-5-12(11)14-13(15)6-7-17-14/h6-7,10-12,16H,3-5,8-9H2,1-2H3. The number of nitrogens with one attached hydrogen (secondary N) is 1. The lowest BCUT2D eigenvalue weighted by Gasteiger charge is -2.20. The Kier molecular flexibility index (Phi) is 4.89. The Hall–Kier alpha value is -0.0500. The summed E-state index contributed by atoms with van der Waals surface area (Å²) in [4.78, 5) is 1.42. The Morgan fingerprint density at radius 3 is 2.94 bits per heavy atom. The van der Waals surface area contributed by atoms with Crippen LogP contribution in [0.1, 0.15) is 43.9 Å². The van der Waals surface area contributed by atoms with Crippen molar-refractivity contribution in [3.63, 3.8) is 0 Å². The maximum absolute atomic E-state index is 6.26. The van der Waals surface area contributed by atoms with Crippen LogP contribution in [0.2, 0.25) is 5.02 Å². The molecular weight excluding hydrogens is 250 g/mol. The lowest BCUT2D eigenvalue weighted by Crippen LogP contribution is -2.27. The van der Waals surface area contributed by atoms with Gasteiger partial charge >= 0.3 is 0 Å². The number of halogens is 1. The molecular formula is C14H22ClNS. The smallest absolute Gasteiger partial charge is 0.0547 e. The van der Waals surface area contributed by atoms with Gasteiger partial charge in [-0.2, -0.15) is 0 Å². The van der Waals surface area contributed by atoms with Gasteiger partial charge in [0.1, 0.15) is 0 Å². The summed E-state index contributed by atoms with van der Waals surface area (Å²) in [6.07, 6.45) is 4.02. The molecule has 2 atom stereocenters. The summed E-state index contributed by atoms with van der Waals surface area (Å²) in [5.41, 5.74) is 0. The molecule has 1 fully saturated rings. The Balaban J connectivity index is 1.91. The van der Waals surface area contributed by atoms with Crippen molar-refractivity contribution in [1.29, 1.82) is 0 Å². The third kappa shape index (κ3) is 3.46. The molecule has 0 radical (unpaired) electrons. The van der Waals surface area contributed by atoms with Crippen molar-refractivity contribution in [2.45, 2.75) is 39.0 Å². The van der Waals surface area contributed by atoms with Gasteiger partial charge in [-0.15, -0.1) is 11.3 Å². The molecule has 2 rings (SSSR count). The van der Waals surface area contributed by atoms with Crippen molar-refractivity contribution in [3.05, 3.63) is 21.3 Å². The van der Waals surface area contributed by atoms with Gasteiger partial charge in [0.05, 0.1) is 5.02 Å². The molecule has 0 saturated heterocycles. The van der Waals surface area contributed by atoms with E-state index in [9.17, 15) is 0 Å². The highest BCUT2D eigenvalue weighted by atomic mass is 35.5. The first kappa shape index (κ1) is 13.4. The third-order valence-electron chi connectivity index (χ3n) is 3.60. The predicted octanol–water partition coefficient (Wildman–Crippen LogP) is 4.53. The Bertz CT molecular complexity index is 348. The molecule has 0 amide bonds. The lowest BCUT2D eigenvalue weighted by atomic mass is 9.94. The Morgan fingerprint density at radius 2 is 2.29 bits per heavy atom. The van der Waals surface area contributed by atoms with E-state index in [0.717, 1.165) is 29.9 Å². The number of thiophene rings is 1. The average molecular weight is 272 g/mol. The van der Waals surface area contributed by atoms with Crippen molar-refractivity contribution >= 4 is 22.9 Å². The molecule has 1 aromatic heterocycles. The monoisotopic (exact) mass is 271 g/mol. The van der Waals surface area contributed by atoms with Crippen LogP contribution in [0.4, 0.5) is 0 Å². The van der Waals surface area contributed by atoms with E-state index in [1.165, 1.54) is 24.1 Å². The molecule has 1 heterocycles. The first-order valence-corrected chi connectivity index (χ1v) is 7.88. The molecule has 0 spiro atoms. The molecule has 1 aliphatic carbocycles. The lowest BCUT2D eigenvalue weighted by molar-refractivity contribution is 0.428. The van der Waals surface area contributed by atoms with E-state index in [1.54, 1.807) is 0 Å². The normalized spacial score (nSPS) is 24.7. The molecule has 1 saturated carbocycles. The minimum absolute atomic E-state index is 0.696. The van der Waals surface area contributed by atoms with E-state index in [-0.39, 0.29) is 0 Å². The van der Waals surface area contributed by atoms with E-state index in [1.807, 2.05) is 17.4 Å². The summed E-state index contributed by atoms with van der Waals surface area (Å²) in [6, 6.07) is 2.04. The molecule has 17 heavy (non-hydrogen) atoms. The molecule has 1 aliphatic rings. The van der Waals surface area contributed by atoms with E-state index < -0.39 is 0 Å². The highest BCUT2D eigenvalue weighted by Gasteiger charge is 2.30.